The first-order chi connectivity index (χ1) is 14.4. The fourth-order valence-electron chi connectivity index (χ4n) is 5.03. The van der Waals surface area contributed by atoms with Gasteiger partial charge in [-0.1, -0.05) is 26.0 Å². The average molecular weight is 413 g/mol. The summed E-state index contributed by atoms with van der Waals surface area (Å²) in [6.45, 7) is 7.69. The van der Waals surface area contributed by atoms with Crippen LogP contribution in [0.15, 0.2) is 24.3 Å². The van der Waals surface area contributed by atoms with E-state index >= 15 is 0 Å². The van der Waals surface area contributed by atoms with Crippen LogP contribution < -0.4 is 10.6 Å². The van der Waals surface area contributed by atoms with E-state index in [0.29, 0.717) is 44.0 Å². The molecule has 0 radical (unpaired) electrons. The Morgan fingerprint density at radius 3 is 2.67 bits per heavy atom. The summed E-state index contributed by atoms with van der Waals surface area (Å²) in [6.07, 6.45) is 3.14. The maximum Gasteiger partial charge on any atom is 0.325 e. The van der Waals surface area contributed by atoms with Crippen LogP contribution in [0.25, 0.3) is 0 Å². The van der Waals surface area contributed by atoms with Crippen LogP contribution in [0.2, 0.25) is 0 Å². The number of hydrogen-bond acceptors (Lipinski definition) is 4. The van der Waals surface area contributed by atoms with Crippen molar-refractivity contribution in [2.24, 2.45) is 11.8 Å². The molecule has 3 saturated heterocycles. The SMILES string of the molecule is CC(C)CN1C(=O)NC(=O)C12CCN(C(=O)c1cccc(CC3CCNC3)c1)CC2. The number of piperidine rings is 1. The predicted octanol–water partition coefficient (Wildman–Crippen LogP) is 2.02. The van der Waals surface area contributed by atoms with Crippen molar-refractivity contribution in [2.45, 2.75) is 45.1 Å². The molecule has 3 aliphatic heterocycles. The van der Waals surface area contributed by atoms with Crippen LogP contribution in [-0.2, 0) is 11.2 Å². The van der Waals surface area contributed by atoms with E-state index in [0.717, 1.165) is 19.5 Å². The van der Waals surface area contributed by atoms with E-state index in [9.17, 15) is 14.4 Å². The molecular formula is C23H32N4O3. The van der Waals surface area contributed by atoms with E-state index < -0.39 is 5.54 Å². The number of nitrogens with zero attached hydrogens (tertiary/aromatic N) is 2. The Morgan fingerprint density at radius 1 is 1.23 bits per heavy atom. The van der Waals surface area contributed by atoms with Gasteiger partial charge in [0.15, 0.2) is 0 Å². The van der Waals surface area contributed by atoms with E-state index in [1.54, 1.807) is 4.90 Å². The highest BCUT2D eigenvalue weighted by atomic mass is 16.2. The number of rotatable bonds is 5. The Balaban J connectivity index is 1.43. The van der Waals surface area contributed by atoms with Crippen LogP contribution in [0.5, 0.6) is 0 Å². The number of nitrogens with one attached hydrogen (secondary N) is 2. The normalized spacial score (nSPS) is 23.5. The molecule has 3 aliphatic rings. The molecule has 0 bridgehead atoms. The Bertz CT molecular complexity index is 823. The summed E-state index contributed by atoms with van der Waals surface area (Å²) in [5.41, 5.74) is 1.10. The van der Waals surface area contributed by atoms with E-state index in [1.807, 2.05) is 36.9 Å². The highest BCUT2D eigenvalue weighted by Crippen LogP contribution is 2.34. The second kappa shape index (κ2) is 8.38. The van der Waals surface area contributed by atoms with E-state index in [2.05, 4.69) is 16.7 Å². The number of urea groups is 1. The minimum absolute atomic E-state index is 0.0105. The Hall–Kier alpha value is -2.41. The summed E-state index contributed by atoms with van der Waals surface area (Å²) in [4.78, 5) is 41.6. The smallest absolute Gasteiger partial charge is 0.325 e. The van der Waals surface area contributed by atoms with E-state index in [1.165, 1.54) is 12.0 Å². The topological polar surface area (TPSA) is 81.8 Å². The van der Waals surface area contributed by atoms with Crippen LogP contribution in [0.4, 0.5) is 4.79 Å². The van der Waals surface area contributed by atoms with Crippen molar-refractivity contribution in [3.05, 3.63) is 35.4 Å². The van der Waals surface area contributed by atoms with Gasteiger partial charge in [-0.25, -0.2) is 4.79 Å². The summed E-state index contributed by atoms with van der Waals surface area (Å²) in [6, 6.07) is 7.65. The predicted molar refractivity (Wildman–Crippen MR) is 114 cm³/mol. The zero-order valence-electron chi connectivity index (χ0n) is 17.9. The van der Waals surface area contributed by atoms with E-state index in [4.69, 9.17) is 0 Å². The van der Waals surface area contributed by atoms with Crippen LogP contribution >= 0.6 is 0 Å². The summed E-state index contributed by atoms with van der Waals surface area (Å²) in [5, 5.41) is 5.88. The number of amides is 4. The number of benzene rings is 1. The van der Waals surface area contributed by atoms with Crippen LogP contribution in [0.1, 0.15) is 49.0 Å². The standard InChI is InChI=1S/C23H32N4O3/c1-16(2)15-27-22(30)25-21(29)23(27)7-10-26(11-8-23)20(28)19-5-3-4-17(13-19)12-18-6-9-24-14-18/h3-5,13,16,18,24H,6-12,14-15H2,1-2H3,(H,25,29,30). The van der Waals surface area contributed by atoms with Gasteiger partial charge in [-0.2, -0.15) is 0 Å². The maximum absolute atomic E-state index is 13.1. The molecule has 7 heteroatoms. The van der Waals surface area contributed by atoms with Crippen molar-refractivity contribution in [1.29, 1.82) is 0 Å². The van der Waals surface area contributed by atoms with Gasteiger partial charge in [-0.05, 0) is 68.3 Å². The van der Waals surface area contributed by atoms with Crippen molar-refractivity contribution < 1.29 is 14.4 Å². The maximum atomic E-state index is 13.1. The summed E-state index contributed by atoms with van der Waals surface area (Å²) < 4.78 is 0. The Morgan fingerprint density at radius 2 is 2.00 bits per heavy atom. The lowest BCUT2D eigenvalue weighted by atomic mass is 9.85. The molecule has 1 atom stereocenters. The largest absolute Gasteiger partial charge is 0.338 e. The summed E-state index contributed by atoms with van der Waals surface area (Å²) in [5.74, 6) is 0.704. The van der Waals surface area contributed by atoms with Gasteiger partial charge in [0.05, 0.1) is 0 Å². The molecule has 0 aliphatic carbocycles. The molecular weight excluding hydrogens is 380 g/mol. The minimum atomic E-state index is -0.810. The second-order valence-corrected chi connectivity index (χ2v) is 9.35. The molecule has 1 aromatic carbocycles. The number of carbonyl (C=O) groups excluding carboxylic acids is 3. The van der Waals surface area contributed by atoms with Gasteiger partial charge < -0.3 is 15.1 Å². The van der Waals surface area contributed by atoms with Crippen molar-refractivity contribution in [3.63, 3.8) is 0 Å². The highest BCUT2D eigenvalue weighted by molar-refractivity contribution is 6.07. The van der Waals surface area contributed by atoms with Crippen molar-refractivity contribution in [2.75, 3.05) is 32.7 Å². The molecule has 0 saturated carbocycles. The van der Waals surface area contributed by atoms with Crippen molar-refractivity contribution >= 4 is 17.8 Å². The zero-order valence-corrected chi connectivity index (χ0v) is 17.9. The molecule has 0 aromatic heterocycles. The Kier molecular flexibility index (Phi) is 5.82. The summed E-state index contributed by atoms with van der Waals surface area (Å²) in [7, 11) is 0. The van der Waals surface area contributed by atoms with Crippen LogP contribution in [0.3, 0.4) is 0 Å². The Labute approximate surface area is 178 Å². The van der Waals surface area contributed by atoms with Gasteiger partial charge in [0, 0.05) is 25.2 Å². The van der Waals surface area contributed by atoms with Gasteiger partial charge in [0.1, 0.15) is 5.54 Å². The van der Waals surface area contributed by atoms with E-state index in [-0.39, 0.29) is 23.8 Å². The number of hydrogen-bond donors (Lipinski definition) is 2. The van der Waals surface area contributed by atoms with Gasteiger partial charge >= 0.3 is 6.03 Å². The second-order valence-electron chi connectivity index (χ2n) is 9.35. The molecule has 1 spiro atoms. The average Bonchev–Trinajstić information content (AvgIpc) is 3.31. The molecule has 3 fully saturated rings. The highest BCUT2D eigenvalue weighted by Gasteiger charge is 2.54. The molecule has 7 nitrogen and oxygen atoms in total. The van der Waals surface area contributed by atoms with Crippen LogP contribution in [-0.4, -0.2) is 65.9 Å². The molecule has 4 amide bonds. The third-order valence-corrected chi connectivity index (χ3v) is 6.69. The molecule has 3 heterocycles. The molecule has 30 heavy (non-hydrogen) atoms. The molecule has 1 unspecified atom stereocenters. The first-order valence-corrected chi connectivity index (χ1v) is 11.1. The number of imide groups is 1. The quantitative estimate of drug-likeness (QED) is 0.725. The monoisotopic (exact) mass is 412 g/mol. The third kappa shape index (κ3) is 3.95. The van der Waals surface area contributed by atoms with Crippen molar-refractivity contribution in [1.82, 2.24) is 20.4 Å². The summed E-state index contributed by atoms with van der Waals surface area (Å²) >= 11 is 0. The molecule has 2 N–H and O–H groups in total. The molecule has 1 aromatic rings. The fourth-order valence-corrected chi connectivity index (χ4v) is 5.03. The van der Waals surface area contributed by atoms with Gasteiger partial charge in [0.25, 0.3) is 11.8 Å². The lowest BCUT2D eigenvalue weighted by molar-refractivity contribution is -0.129. The van der Waals surface area contributed by atoms with Crippen molar-refractivity contribution in [3.8, 4) is 0 Å². The van der Waals surface area contributed by atoms with Gasteiger partial charge in [0.2, 0.25) is 0 Å². The molecule has 4 rings (SSSR count). The lowest BCUT2D eigenvalue weighted by Gasteiger charge is -2.42. The number of likely N-dealkylation sites (tertiary alicyclic amines) is 1. The third-order valence-electron chi connectivity index (χ3n) is 6.69. The van der Waals surface area contributed by atoms with Gasteiger partial charge in [-0.3, -0.25) is 14.9 Å². The molecule has 162 valence electrons. The first-order valence-electron chi connectivity index (χ1n) is 11.1. The van der Waals surface area contributed by atoms with Gasteiger partial charge in [-0.15, -0.1) is 0 Å². The number of carbonyl (C=O) groups is 3. The lowest BCUT2D eigenvalue weighted by Crippen LogP contribution is -2.58. The minimum Gasteiger partial charge on any atom is -0.338 e. The fraction of sp³-hybridized carbons (Fsp3) is 0.609. The zero-order chi connectivity index (χ0) is 21.3. The van der Waals surface area contributed by atoms with Crippen LogP contribution in [0, 0.1) is 11.8 Å². The first kappa shape index (κ1) is 20.8.